The van der Waals surface area contributed by atoms with Crippen LogP contribution in [0.1, 0.15) is 19.8 Å². The van der Waals surface area contributed by atoms with Gasteiger partial charge in [-0.1, -0.05) is 42.8 Å². The highest BCUT2D eigenvalue weighted by atomic mass is 35.5. The fourth-order valence-electron chi connectivity index (χ4n) is 2.08. The van der Waals surface area contributed by atoms with E-state index in [1.807, 2.05) is 12.1 Å². The van der Waals surface area contributed by atoms with Gasteiger partial charge in [0.1, 0.15) is 5.39 Å². The first kappa shape index (κ1) is 15.1. The van der Waals surface area contributed by atoms with Crippen LogP contribution in [0.2, 0.25) is 5.02 Å². The van der Waals surface area contributed by atoms with Gasteiger partial charge in [-0.05, 0) is 24.6 Å². The minimum absolute atomic E-state index is 0.169. The number of fused-ring (bicyclic) bond motifs is 1. The molecular formula is C15H15ClN4OS. The van der Waals surface area contributed by atoms with Crippen molar-refractivity contribution in [2.45, 2.75) is 24.9 Å². The summed E-state index contributed by atoms with van der Waals surface area (Å²) < 4.78 is 1.64. The van der Waals surface area contributed by atoms with Gasteiger partial charge in [0.2, 0.25) is 0 Å². The lowest BCUT2D eigenvalue weighted by molar-refractivity contribution is 0.866. The Morgan fingerprint density at radius 3 is 3.05 bits per heavy atom. The van der Waals surface area contributed by atoms with E-state index in [9.17, 15) is 4.79 Å². The van der Waals surface area contributed by atoms with Gasteiger partial charge in [0, 0.05) is 10.8 Å². The molecule has 0 unspecified atom stereocenters. The topological polar surface area (TPSA) is 63.6 Å². The number of aromatic amines is 1. The number of halogens is 1. The van der Waals surface area contributed by atoms with Crippen LogP contribution >= 0.6 is 23.4 Å². The van der Waals surface area contributed by atoms with Crippen LogP contribution in [0, 0.1) is 0 Å². The van der Waals surface area contributed by atoms with Gasteiger partial charge in [0.05, 0.1) is 11.9 Å². The normalized spacial score (nSPS) is 11.2. The Bertz CT molecular complexity index is 858. The molecule has 2 aromatic heterocycles. The Hall–Kier alpha value is -1.79. The monoisotopic (exact) mass is 334 g/mol. The van der Waals surface area contributed by atoms with E-state index in [0.717, 1.165) is 24.3 Å². The highest BCUT2D eigenvalue weighted by molar-refractivity contribution is 7.99. The smallest absolute Gasteiger partial charge is 0.262 e. The molecule has 22 heavy (non-hydrogen) atoms. The Balaban J connectivity index is 2.06. The molecular weight excluding hydrogens is 320 g/mol. The zero-order chi connectivity index (χ0) is 15.5. The molecule has 0 atom stereocenters. The van der Waals surface area contributed by atoms with E-state index >= 15 is 0 Å². The predicted molar refractivity (Wildman–Crippen MR) is 90.1 cm³/mol. The second kappa shape index (κ2) is 6.54. The van der Waals surface area contributed by atoms with Gasteiger partial charge in [0.15, 0.2) is 10.8 Å². The van der Waals surface area contributed by atoms with Crippen LogP contribution < -0.4 is 5.56 Å². The van der Waals surface area contributed by atoms with E-state index in [-0.39, 0.29) is 5.56 Å². The third kappa shape index (κ3) is 3.03. The number of unbranched alkanes of at least 4 members (excludes halogenated alkanes) is 1. The number of aromatic nitrogens is 4. The van der Waals surface area contributed by atoms with E-state index in [4.69, 9.17) is 11.6 Å². The van der Waals surface area contributed by atoms with Crippen molar-refractivity contribution in [1.29, 1.82) is 0 Å². The van der Waals surface area contributed by atoms with Crippen LogP contribution in [0.15, 0.2) is 40.4 Å². The summed E-state index contributed by atoms with van der Waals surface area (Å²) in [7, 11) is 0. The average Bonchev–Trinajstić information content (AvgIpc) is 2.92. The van der Waals surface area contributed by atoms with Gasteiger partial charge in [-0.15, -0.1) is 0 Å². The fraction of sp³-hybridized carbons (Fsp3) is 0.267. The standard InChI is InChI=1S/C15H15ClN4OS/c1-2-3-7-22-15-18-13-12(14(21)19-15)9-17-20(13)11-6-4-5-10(16)8-11/h4-6,8-9H,2-3,7H2,1H3,(H,18,19,21). The fourth-order valence-corrected chi connectivity index (χ4v) is 3.20. The van der Waals surface area contributed by atoms with Crippen LogP contribution in [-0.4, -0.2) is 25.5 Å². The van der Waals surface area contributed by atoms with Crippen LogP contribution in [-0.2, 0) is 0 Å². The van der Waals surface area contributed by atoms with Crippen molar-refractivity contribution >= 4 is 34.4 Å². The molecule has 3 aromatic rings. The number of nitrogens with zero attached hydrogens (tertiary/aromatic N) is 3. The predicted octanol–water partition coefficient (Wildman–Crippen LogP) is 3.65. The molecule has 5 nitrogen and oxygen atoms in total. The number of H-pyrrole nitrogens is 1. The van der Waals surface area contributed by atoms with Gasteiger partial charge in [0.25, 0.3) is 5.56 Å². The van der Waals surface area contributed by atoms with Gasteiger partial charge in [-0.3, -0.25) is 4.79 Å². The summed E-state index contributed by atoms with van der Waals surface area (Å²) in [4.78, 5) is 19.5. The second-order valence-corrected chi connectivity index (χ2v) is 6.37. The van der Waals surface area contributed by atoms with Crippen LogP contribution in [0.5, 0.6) is 0 Å². The molecule has 0 saturated heterocycles. The third-order valence-electron chi connectivity index (χ3n) is 3.21. The van der Waals surface area contributed by atoms with E-state index in [1.54, 1.807) is 28.6 Å². The molecule has 0 amide bonds. The van der Waals surface area contributed by atoms with Crippen molar-refractivity contribution < 1.29 is 0 Å². The van der Waals surface area contributed by atoms with Crippen molar-refractivity contribution in [3.63, 3.8) is 0 Å². The number of benzene rings is 1. The highest BCUT2D eigenvalue weighted by Crippen LogP contribution is 2.20. The Morgan fingerprint density at radius 2 is 2.27 bits per heavy atom. The Kier molecular flexibility index (Phi) is 4.49. The van der Waals surface area contributed by atoms with Crippen LogP contribution in [0.3, 0.4) is 0 Å². The third-order valence-corrected chi connectivity index (χ3v) is 4.40. The van der Waals surface area contributed by atoms with Gasteiger partial charge in [-0.2, -0.15) is 5.10 Å². The number of hydrogen-bond acceptors (Lipinski definition) is 4. The summed E-state index contributed by atoms with van der Waals surface area (Å²) in [5.74, 6) is 0.927. The molecule has 0 aliphatic carbocycles. The molecule has 0 radical (unpaired) electrons. The quantitative estimate of drug-likeness (QED) is 0.439. The first-order chi connectivity index (χ1) is 10.7. The summed E-state index contributed by atoms with van der Waals surface area (Å²) in [6.45, 7) is 2.13. The molecule has 0 spiro atoms. The van der Waals surface area contributed by atoms with Crippen molar-refractivity contribution in [2.24, 2.45) is 0 Å². The molecule has 0 saturated carbocycles. The summed E-state index contributed by atoms with van der Waals surface area (Å²) in [5.41, 5.74) is 1.16. The zero-order valence-electron chi connectivity index (χ0n) is 12.0. The zero-order valence-corrected chi connectivity index (χ0v) is 13.6. The summed E-state index contributed by atoms with van der Waals surface area (Å²) in [6, 6.07) is 7.31. The van der Waals surface area contributed by atoms with Crippen molar-refractivity contribution in [1.82, 2.24) is 19.7 Å². The average molecular weight is 335 g/mol. The van der Waals surface area contributed by atoms with Crippen LogP contribution in [0.4, 0.5) is 0 Å². The van der Waals surface area contributed by atoms with Gasteiger partial charge >= 0.3 is 0 Å². The van der Waals surface area contributed by atoms with Gasteiger partial charge < -0.3 is 4.98 Å². The molecule has 1 aromatic carbocycles. The Morgan fingerprint density at radius 1 is 1.41 bits per heavy atom. The summed E-state index contributed by atoms with van der Waals surface area (Å²) in [6.07, 6.45) is 3.72. The lowest BCUT2D eigenvalue weighted by atomic mass is 10.3. The minimum atomic E-state index is -0.169. The number of rotatable bonds is 5. The van der Waals surface area contributed by atoms with Crippen molar-refractivity contribution in [3.8, 4) is 5.69 Å². The highest BCUT2D eigenvalue weighted by Gasteiger charge is 2.12. The number of thioether (sulfide) groups is 1. The molecule has 0 aliphatic heterocycles. The van der Waals surface area contributed by atoms with Crippen LogP contribution in [0.25, 0.3) is 16.7 Å². The molecule has 0 bridgehead atoms. The van der Waals surface area contributed by atoms with Crippen molar-refractivity contribution in [2.75, 3.05) is 5.75 Å². The van der Waals surface area contributed by atoms with E-state index < -0.39 is 0 Å². The number of hydrogen-bond donors (Lipinski definition) is 1. The maximum absolute atomic E-state index is 12.2. The Labute approximate surface area is 136 Å². The molecule has 2 heterocycles. The first-order valence-corrected chi connectivity index (χ1v) is 8.42. The minimum Gasteiger partial charge on any atom is -0.301 e. The molecule has 1 N–H and O–H groups in total. The maximum Gasteiger partial charge on any atom is 0.262 e. The summed E-state index contributed by atoms with van der Waals surface area (Å²) in [5, 5.41) is 5.98. The SMILES string of the molecule is CCCCSc1nc2c(cnn2-c2cccc(Cl)c2)c(=O)[nH]1. The molecule has 0 fully saturated rings. The molecule has 7 heteroatoms. The second-order valence-electron chi connectivity index (χ2n) is 4.85. The first-order valence-electron chi connectivity index (χ1n) is 7.06. The maximum atomic E-state index is 12.2. The van der Waals surface area contributed by atoms with E-state index in [0.29, 0.717) is 21.2 Å². The largest absolute Gasteiger partial charge is 0.301 e. The lowest BCUT2D eigenvalue weighted by Crippen LogP contribution is -2.09. The molecule has 0 aliphatic rings. The van der Waals surface area contributed by atoms with Crippen molar-refractivity contribution in [3.05, 3.63) is 45.8 Å². The lowest BCUT2D eigenvalue weighted by Gasteiger charge is -2.04. The molecule has 3 rings (SSSR count). The summed E-state index contributed by atoms with van der Waals surface area (Å²) >= 11 is 7.58. The van der Waals surface area contributed by atoms with Gasteiger partial charge in [-0.25, -0.2) is 9.67 Å². The number of nitrogens with one attached hydrogen (secondary N) is 1. The van der Waals surface area contributed by atoms with E-state index in [1.165, 1.54) is 6.20 Å². The molecule has 114 valence electrons. The van der Waals surface area contributed by atoms with E-state index in [2.05, 4.69) is 22.0 Å².